The van der Waals surface area contributed by atoms with Crippen molar-refractivity contribution in [3.63, 3.8) is 0 Å². The zero-order valence-corrected chi connectivity index (χ0v) is 13.0. The van der Waals surface area contributed by atoms with Crippen LogP contribution >= 0.6 is 0 Å². The number of nitrogens with zero attached hydrogens (tertiary/aromatic N) is 5. The van der Waals surface area contributed by atoms with Crippen LogP contribution in [0.4, 0.5) is 5.82 Å². The van der Waals surface area contributed by atoms with E-state index in [2.05, 4.69) is 20.5 Å². The molecule has 0 amide bonds. The van der Waals surface area contributed by atoms with Gasteiger partial charge in [0, 0.05) is 43.3 Å². The van der Waals surface area contributed by atoms with Gasteiger partial charge in [0.15, 0.2) is 0 Å². The maximum Gasteiger partial charge on any atom is 0.147 e. The largest absolute Gasteiger partial charge is 0.355 e. The van der Waals surface area contributed by atoms with E-state index in [-0.39, 0.29) is 0 Å². The molecule has 0 aliphatic carbocycles. The van der Waals surface area contributed by atoms with Gasteiger partial charge in [0.05, 0.1) is 11.1 Å². The maximum atomic E-state index is 9.43. The van der Waals surface area contributed by atoms with Crippen LogP contribution in [0.2, 0.25) is 0 Å². The van der Waals surface area contributed by atoms with Crippen LogP contribution in [0.15, 0.2) is 42.7 Å². The van der Waals surface area contributed by atoms with Gasteiger partial charge in [-0.05, 0) is 19.1 Å². The molecular formula is C18H17N5. The van der Waals surface area contributed by atoms with Gasteiger partial charge >= 0.3 is 0 Å². The first kappa shape index (κ1) is 13.8. The highest BCUT2D eigenvalue weighted by Gasteiger charge is 2.30. The third-order valence-electron chi connectivity index (χ3n) is 4.46. The molecule has 1 saturated heterocycles. The van der Waals surface area contributed by atoms with E-state index in [0.29, 0.717) is 11.5 Å². The van der Waals surface area contributed by atoms with E-state index < -0.39 is 0 Å². The van der Waals surface area contributed by atoms with Crippen molar-refractivity contribution in [3.8, 4) is 6.07 Å². The van der Waals surface area contributed by atoms with Gasteiger partial charge in [-0.2, -0.15) is 5.26 Å². The van der Waals surface area contributed by atoms with Crippen LogP contribution < -0.4 is 4.90 Å². The Hall–Kier alpha value is -2.87. The third kappa shape index (κ3) is 2.42. The molecule has 0 N–H and O–H groups in total. The van der Waals surface area contributed by atoms with Gasteiger partial charge in [-0.3, -0.25) is 0 Å². The molecule has 0 saturated carbocycles. The van der Waals surface area contributed by atoms with Gasteiger partial charge in [0.1, 0.15) is 17.7 Å². The molecule has 0 unspecified atom stereocenters. The summed E-state index contributed by atoms with van der Waals surface area (Å²) in [6.07, 6.45) is 3.86. The number of hydrogen-bond acceptors (Lipinski definition) is 4. The lowest BCUT2D eigenvalue weighted by molar-refractivity contribution is 0.352. The minimum atomic E-state index is 0.572. The number of fused-ring (bicyclic) bond motifs is 1. The fourth-order valence-electron chi connectivity index (χ4n) is 3.16. The Morgan fingerprint density at radius 1 is 1.30 bits per heavy atom. The molecule has 2 aromatic heterocycles. The molecule has 0 spiro atoms. The van der Waals surface area contributed by atoms with Crippen LogP contribution in [0.25, 0.3) is 10.9 Å². The first-order valence-electron chi connectivity index (χ1n) is 7.77. The molecule has 4 rings (SSSR count). The van der Waals surface area contributed by atoms with E-state index in [0.717, 1.165) is 42.2 Å². The van der Waals surface area contributed by atoms with Crippen molar-refractivity contribution in [2.45, 2.75) is 13.5 Å². The lowest BCUT2D eigenvalue weighted by Crippen LogP contribution is -2.49. The molecular weight excluding hydrogens is 286 g/mol. The quantitative estimate of drug-likeness (QED) is 0.746. The predicted octanol–water partition coefficient (Wildman–Crippen LogP) is 2.75. The zero-order chi connectivity index (χ0) is 15.8. The van der Waals surface area contributed by atoms with E-state index in [1.54, 1.807) is 0 Å². The molecule has 1 aromatic carbocycles. The summed E-state index contributed by atoms with van der Waals surface area (Å²) in [6, 6.07) is 12.2. The lowest BCUT2D eigenvalue weighted by Gasteiger charge is -2.40. The van der Waals surface area contributed by atoms with Crippen molar-refractivity contribution in [1.29, 1.82) is 5.26 Å². The van der Waals surface area contributed by atoms with Crippen LogP contribution in [0.5, 0.6) is 0 Å². The molecule has 5 nitrogen and oxygen atoms in total. The number of anilines is 1. The summed E-state index contributed by atoms with van der Waals surface area (Å²) in [5, 5.41) is 10.4. The fourth-order valence-corrected chi connectivity index (χ4v) is 3.16. The van der Waals surface area contributed by atoms with Gasteiger partial charge in [-0.1, -0.05) is 18.2 Å². The van der Waals surface area contributed by atoms with Crippen LogP contribution in [0.3, 0.4) is 0 Å². The highest BCUT2D eigenvalue weighted by Crippen LogP contribution is 2.29. The number of benzene rings is 1. The molecule has 0 radical (unpaired) electrons. The first-order valence-corrected chi connectivity index (χ1v) is 7.77. The highest BCUT2D eigenvalue weighted by molar-refractivity contribution is 5.83. The number of aromatic nitrogens is 3. The molecule has 3 heterocycles. The Morgan fingerprint density at radius 3 is 2.87 bits per heavy atom. The second kappa shape index (κ2) is 5.40. The Morgan fingerprint density at radius 2 is 2.13 bits per heavy atom. The number of hydrogen-bond donors (Lipinski definition) is 0. The van der Waals surface area contributed by atoms with Crippen LogP contribution in [0.1, 0.15) is 11.4 Å². The van der Waals surface area contributed by atoms with Crippen molar-refractivity contribution in [1.82, 2.24) is 14.5 Å². The van der Waals surface area contributed by atoms with Crippen molar-refractivity contribution < 1.29 is 0 Å². The van der Waals surface area contributed by atoms with Crippen LogP contribution in [-0.4, -0.2) is 27.6 Å². The summed E-state index contributed by atoms with van der Waals surface area (Å²) in [6.45, 7) is 4.85. The molecule has 5 heteroatoms. The lowest BCUT2D eigenvalue weighted by atomic mass is 9.99. The summed E-state index contributed by atoms with van der Waals surface area (Å²) in [4.78, 5) is 11.2. The number of pyridine rings is 1. The predicted molar refractivity (Wildman–Crippen MR) is 89.1 cm³/mol. The van der Waals surface area contributed by atoms with Gasteiger partial charge in [-0.25, -0.2) is 9.97 Å². The molecule has 114 valence electrons. The third-order valence-corrected chi connectivity index (χ3v) is 4.46. The Bertz CT molecular complexity index is 899. The first-order chi connectivity index (χ1) is 11.2. The fraction of sp³-hybridized carbons (Fsp3) is 0.278. The minimum Gasteiger partial charge on any atom is -0.355 e. The monoisotopic (exact) mass is 303 g/mol. The van der Waals surface area contributed by atoms with E-state index >= 15 is 0 Å². The molecule has 0 bridgehead atoms. The number of imidazole rings is 1. The van der Waals surface area contributed by atoms with Crippen LogP contribution in [-0.2, 0) is 6.54 Å². The number of rotatable bonds is 3. The molecule has 0 atom stereocenters. The SMILES string of the molecule is Cc1nccn1CC1CN(c2nc3ccccc3cc2C#N)C1. The molecule has 1 aliphatic rings. The highest BCUT2D eigenvalue weighted by atomic mass is 15.3. The Kier molecular flexibility index (Phi) is 3.23. The smallest absolute Gasteiger partial charge is 0.147 e. The molecule has 3 aromatic rings. The number of para-hydroxylation sites is 1. The summed E-state index contributed by atoms with van der Waals surface area (Å²) in [5.74, 6) is 2.43. The number of aryl methyl sites for hydroxylation is 1. The second-order valence-corrected chi connectivity index (χ2v) is 6.06. The Labute approximate surface area is 134 Å². The van der Waals surface area contributed by atoms with Crippen molar-refractivity contribution in [3.05, 3.63) is 54.1 Å². The summed E-state index contributed by atoms with van der Waals surface area (Å²) >= 11 is 0. The standard InChI is InChI=1S/C18H17N5/c1-13-20-6-7-22(13)10-14-11-23(12-14)18-16(9-19)8-15-4-2-3-5-17(15)21-18/h2-8,14H,10-12H2,1H3. The van der Waals surface area contributed by atoms with Crippen molar-refractivity contribution in [2.75, 3.05) is 18.0 Å². The minimum absolute atomic E-state index is 0.572. The molecule has 1 aliphatic heterocycles. The Balaban J connectivity index is 1.55. The average Bonchev–Trinajstić information content (AvgIpc) is 2.94. The average molecular weight is 303 g/mol. The van der Waals surface area contributed by atoms with E-state index in [1.165, 1.54) is 0 Å². The van der Waals surface area contributed by atoms with Crippen molar-refractivity contribution in [2.24, 2.45) is 5.92 Å². The molecule has 1 fully saturated rings. The summed E-state index contributed by atoms with van der Waals surface area (Å²) < 4.78 is 2.18. The van der Waals surface area contributed by atoms with Gasteiger partial charge in [0.25, 0.3) is 0 Å². The van der Waals surface area contributed by atoms with Gasteiger partial charge < -0.3 is 9.47 Å². The van der Waals surface area contributed by atoms with Gasteiger partial charge in [-0.15, -0.1) is 0 Å². The summed E-state index contributed by atoms with van der Waals surface area (Å²) in [5.41, 5.74) is 1.59. The maximum absolute atomic E-state index is 9.43. The van der Waals surface area contributed by atoms with Crippen LogP contribution in [0, 0.1) is 24.2 Å². The topological polar surface area (TPSA) is 57.7 Å². The second-order valence-electron chi connectivity index (χ2n) is 6.06. The van der Waals surface area contributed by atoms with E-state index in [9.17, 15) is 5.26 Å². The van der Waals surface area contributed by atoms with Crippen molar-refractivity contribution >= 4 is 16.7 Å². The summed E-state index contributed by atoms with van der Waals surface area (Å²) in [7, 11) is 0. The normalized spacial score (nSPS) is 14.7. The zero-order valence-electron chi connectivity index (χ0n) is 13.0. The number of nitriles is 1. The van der Waals surface area contributed by atoms with E-state index in [4.69, 9.17) is 4.98 Å². The van der Waals surface area contributed by atoms with E-state index in [1.807, 2.05) is 49.6 Å². The van der Waals surface area contributed by atoms with Gasteiger partial charge in [0.2, 0.25) is 0 Å². The molecule has 23 heavy (non-hydrogen) atoms.